The Morgan fingerprint density at radius 3 is 2.89 bits per heavy atom. The van der Waals surface area contributed by atoms with Crippen LogP contribution in [-0.4, -0.2) is 32.8 Å². The topological polar surface area (TPSA) is 61.9 Å². The van der Waals surface area contributed by atoms with Gasteiger partial charge < -0.3 is 4.90 Å². The Balaban J connectivity index is 1.51. The number of carbonyl (C=O) groups is 1. The van der Waals surface area contributed by atoms with Gasteiger partial charge in [-0.3, -0.25) is 4.79 Å². The molecule has 0 aromatic carbocycles. The minimum atomic E-state index is 0.288. The van der Waals surface area contributed by atoms with Gasteiger partial charge in [0.25, 0.3) is 0 Å². The number of hydrogen-bond acceptors (Lipinski definition) is 3. The molecule has 98 valence electrons. The first-order valence-electron chi connectivity index (χ1n) is 6.99. The Hall–Kier alpha value is -1.39. The zero-order valence-electron chi connectivity index (χ0n) is 10.7. The molecule has 3 rings (SSSR count). The maximum atomic E-state index is 12.2. The maximum Gasteiger partial charge on any atom is 0.222 e. The van der Waals surface area contributed by atoms with E-state index in [9.17, 15) is 4.79 Å². The lowest BCUT2D eigenvalue weighted by Crippen LogP contribution is -2.36. The highest BCUT2D eigenvalue weighted by atomic mass is 16.2. The summed E-state index contributed by atoms with van der Waals surface area (Å²) in [5.74, 6) is 1.08. The summed E-state index contributed by atoms with van der Waals surface area (Å²) in [6.07, 6.45) is 7.96. The molecule has 5 nitrogen and oxygen atoms in total. The Morgan fingerprint density at radius 1 is 1.28 bits per heavy atom. The van der Waals surface area contributed by atoms with Gasteiger partial charge in [-0.1, -0.05) is 25.7 Å². The summed E-state index contributed by atoms with van der Waals surface area (Å²) in [7, 11) is 0. The van der Waals surface area contributed by atoms with Crippen LogP contribution in [0.2, 0.25) is 0 Å². The number of carbonyl (C=O) groups excluding carboxylic acids is 1. The first-order valence-corrected chi connectivity index (χ1v) is 6.99. The average molecular weight is 248 g/mol. The highest BCUT2D eigenvalue weighted by Gasteiger charge is 2.24. The van der Waals surface area contributed by atoms with Crippen molar-refractivity contribution in [1.29, 1.82) is 0 Å². The number of hydrogen-bond donors (Lipinski definition) is 1. The van der Waals surface area contributed by atoms with Crippen LogP contribution in [0.3, 0.4) is 0 Å². The number of aromatic amines is 1. The smallest absolute Gasteiger partial charge is 0.222 e. The molecule has 2 aliphatic rings. The number of fused-ring (bicyclic) bond motifs is 1. The SMILES string of the molecule is O=C(CCC1CCCC1)N1CCc2n[nH]nc2C1. The summed E-state index contributed by atoms with van der Waals surface area (Å²) in [4.78, 5) is 14.1. The third-order valence-electron chi connectivity index (χ3n) is 4.26. The van der Waals surface area contributed by atoms with Crippen molar-refractivity contribution < 1.29 is 4.79 Å². The van der Waals surface area contributed by atoms with Gasteiger partial charge in [0.15, 0.2) is 0 Å². The highest BCUT2D eigenvalue weighted by Crippen LogP contribution is 2.29. The lowest BCUT2D eigenvalue weighted by Gasteiger charge is -2.25. The molecule has 1 fully saturated rings. The van der Waals surface area contributed by atoms with Crippen molar-refractivity contribution in [3.63, 3.8) is 0 Å². The third-order valence-corrected chi connectivity index (χ3v) is 4.26. The largest absolute Gasteiger partial charge is 0.336 e. The van der Waals surface area contributed by atoms with Gasteiger partial charge in [0.1, 0.15) is 5.69 Å². The zero-order chi connectivity index (χ0) is 12.4. The number of nitrogens with zero attached hydrogens (tertiary/aromatic N) is 3. The molecular weight excluding hydrogens is 228 g/mol. The van der Waals surface area contributed by atoms with Gasteiger partial charge in [0.2, 0.25) is 5.91 Å². The van der Waals surface area contributed by atoms with Gasteiger partial charge in [0, 0.05) is 19.4 Å². The Labute approximate surface area is 107 Å². The number of nitrogens with one attached hydrogen (secondary N) is 1. The second kappa shape index (κ2) is 5.08. The molecule has 0 bridgehead atoms. The zero-order valence-corrected chi connectivity index (χ0v) is 10.7. The van der Waals surface area contributed by atoms with E-state index in [1.54, 1.807) is 0 Å². The molecule has 1 aliphatic carbocycles. The van der Waals surface area contributed by atoms with E-state index in [-0.39, 0.29) is 5.91 Å². The van der Waals surface area contributed by atoms with Crippen LogP contribution in [0.5, 0.6) is 0 Å². The lowest BCUT2D eigenvalue weighted by atomic mass is 10.0. The first kappa shape index (κ1) is 11.7. The monoisotopic (exact) mass is 248 g/mol. The third kappa shape index (κ3) is 2.40. The number of H-pyrrole nitrogens is 1. The Kier molecular flexibility index (Phi) is 3.30. The molecule has 1 aromatic rings. The number of aromatic nitrogens is 3. The Morgan fingerprint density at radius 2 is 2.06 bits per heavy atom. The van der Waals surface area contributed by atoms with Gasteiger partial charge >= 0.3 is 0 Å². The van der Waals surface area contributed by atoms with E-state index in [4.69, 9.17) is 0 Å². The molecule has 1 amide bonds. The predicted molar refractivity (Wildman–Crippen MR) is 66.7 cm³/mol. The van der Waals surface area contributed by atoms with E-state index in [2.05, 4.69) is 15.4 Å². The van der Waals surface area contributed by atoms with Crippen LogP contribution in [0.4, 0.5) is 0 Å². The fourth-order valence-corrected chi connectivity index (χ4v) is 3.10. The van der Waals surface area contributed by atoms with E-state index < -0.39 is 0 Å². The number of rotatable bonds is 3. The van der Waals surface area contributed by atoms with Crippen LogP contribution in [0.25, 0.3) is 0 Å². The molecule has 0 saturated heterocycles. The second-order valence-corrected chi connectivity index (χ2v) is 5.47. The summed E-state index contributed by atoms with van der Waals surface area (Å²) in [6.45, 7) is 1.43. The fraction of sp³-hybridized carbons (Fsp3) is 0.769. The summed E-state index contributed by atoms with van der Waals surface area (Å²) >= 11 is 0. The first-order chi connectivity index (χ1) is 8.83. The minimum absolute atomic E-state index is 0.288. The van der Waals surface area contributed by atoms with Crippen molar-refractivity contribution in [3.8, 4) is 0 Å². The molecule has 18 heavy (non-hydrogen) atoms. The molecule has 2 heterocycles. The molecule has 0 atom stereocenters. The van der Waals surface area contributed by atoms with Crippen molar-refractivity contribution in [1.82, 2.24) is 20.3 Å². The molecular formula is C13H20N4O. The van der Waals surface area contributed by atoms with Crippen LogP contribution in [-0.2, 0) is 17.8 Å². The van der Waals surface area contributed by atoms with Crippen molar-refractivity contribution in [2.24, 2.45) is 5.92 Å². The average Bonchev–Trinajstić information content (AvgIpc) is 3.05. The van der Waals surface area contributed by atoms with Crippen molar-refractivity contribution >= 4 is 5.91 Å². The molecule has 1 aromatic heterocycles. The van der Waals surface area contributed by atoms with Crippen LogP contribution in [0.15, 0.2) is 0 Å². The van der Waals surface area contributed by atoms with Gasteiger partial charge in [-0.25, -0.2) is 0 Å². The molecule has 1 saturated carbocycles. The Bertz CT molecular complexity index is 422. The van der Waals surface area contributed by atoms with E-state index >= 15 is 0 Å². The normalized spacial score (nSPS) is 20.1. The summed E-state index contributed by atoms with van der Waals surface area (Å²) in [5, 5.41) is 10.8. The molecule has 0 unspecified atom stereocenters. The van der Waals surface area contributed by atoms with Crippen LogP contribution >= 0.6 is 0 Å². The van der Waals surface area contributed by atoms with Gasteiger partial charge in [0.05, 0.1) is 12.2 Å². The van der Waals surface area contributed by atoms with E-state index in [0.717, 1.165) is 36.7 Å². The van der Waals surface area contributed by atoms with Crippen molar-refractivity contribution in [3.05, 3.63) is 11.4 Å². The lowest BCUT2D eigenvalue weighted by molar-refractivity contribution is -0.132. The van der Waals surface area contributed by atoms with Crippen molar-refractivity contribution in [2.45, 2.75) is 51.5 Å². The molecule has 0 radical (unpaired) electrons. The standard InChI is InChI=1S/C13H20N4O/c18-13(6-5-10-3-1-2-4-10)17-8-7-11-12(9-17)15-16-14-11/h10H,1-9H2,(H,14,15,16). The molecule has 0 spiro atoms. The molecule has 1 aliphatic heterocycles. The summed E-state index contributed by atoms with van der Waals surface area (Å²) in [5.41, 5.74) is 1.96. The van der Waals surface area contributed by atoms with Gasteiger partial charge in [-0.2, -0.15) is 15.4 Å². The quantitative estimate of drug-likeness (QED) is 0.885. The highest BCUT2D eigenvalue weighted by molar-refractivity contribution is 5.76. The van der Waals surface area contributed by atoms with E-state index in [1.807, 2.05) is 4.90 Å². The predicted octanol–water partition coefficient (Wildman–Crippen LogP) is 1.66. The van der Waals surface area contributed by atoms with E-state index in [1.165, 1.54) is 25.7 Å². The van der Waals surface area contributed by atoms with Gasteiger partial charge in [-0.05, 0) is 12.3 Å². The van der Waals surface area contributed by atoms with Crippen LogP contribution < -0.4 is 0 Å². The van der Waals surface area contributed by atoms with E-state index in [0.29, 0.717) is 13.0 Å². The second-order valence-electron chi connectivity index (χ2n) is 5.47. The fourth-order valence-electron chi connectivity index (χ4n) is 3.10. The molecule has 5 heteroatoms. The van der Waals surface area contributed by atoms with Gasteiger partial charge in [-0.15, -0.1) is 0 Å². The summed E-state index contributed by atoms with van der Waals surface area (Å²) < 4.78 is 0. The van der Waals surface area contributed by atoms with Crippen LogP contribution in [0, 0.1) is 5.92 Å². The minimum Gasteiger partial charge on any atom is -0.336 e. The number of amides is 1. The molecule has 1 N–H and O–H groups in total. The van der Waals surface area contributed by atoms with Crippen molar-refractivity contribution in [2.75, 3.05) is 6.54 Å². The van der Waals surface area contributed by atoms with Crippen LogP contribution in [0.1, 0.15) is 49.9 Å². The maximum absolute atomic E-state index is 12.2. The summed E-state index contributed by atoms with van der Waals surface area (Å²) in [6, 6.07) is 0.